The van der Waals surface area contributed by atoms with Crippen molar-refractivity contribution in [3.8, 4) is 5.75 Å². The van der Waals surface area contributed by atoms with E-state index < -0.39 is 0 Å². The van der Waals surface area contributed by atoms with E-state index in [2.05, 4.69) is 20.3 Å². The lowest BCUT2D eigenvalue weighted by atomic mass is 10.1. The number of hydrogen-bond acceptors (Lipinski definition) is 4. The summed E-state index contributed by atoms with van der Waals surface area (Å²) in [7, 11) is 1.64. The lowest BCUT2D eigenvalue weighted by Gasteiger charge is -2.04. The Morgan fingerprint density at radius 3 is 2.73 bits per heavy atom. The van der Waals surface area contributed by atoms with Gasteiger partial charge in [0.1, 0.15) is 28.9 Å². The van der Waals surface area contributed by atoms with Gasteiger partial charge in [0.2, 0.25) is 0 Å². The zero-order valence-electron chi connectivity index (χ0n) is 14.2. The van der Waals surface area contributed by atoms with Gasteiger partial charge in [0.05, 0.1) is 31.1 Å². The minimum atomic E-state index is -0.343. The third-order valence-electron chi connectivity index (χ3n) is 4.16. The van der Waals surface area contributed by atoms with Crippen LogP contribution < -0.4 is 10.1 Å². The molecule has 1 aliphatic heterocycles. The molecule has 0 radical (unpaired) electrons. The third-order valence-corrected chi connectivity index (χ3v) is 4.16. The number of hydrogen-bond donors (Lipinski definition) is 1. The number of para-hydroxylation sites is 1. The van der Waals surface area contributed by atoms with Gasteiger partial charge in [-0.2, -0.15) is 0 Å². The summed E-state index contributed by atoms with van der Waals surface area (Å²) in [6.45, 7) is 0. The number of benzene rings is 2. The van der Waals surface area contributed by atoms with E-state index in [9.17, 15) is 4.39 Å². The average Bonchev–Trinajstić information content (AvgIpc) is 3.06. The van der Waals surface area contributed by atoms with E-state index in [-0.39, 0.29) is 5.82 Å². The Balaban J connectivity index is 1.52. The molecule has 5 nitrogen and oxygen atoms in total. The predicted molar refractivity (Wildman–Crippen MR) is 98.7 cm³/mol. The van der Waals surface area contributed by atoms with Gasteiger partial charge in [-0.05, 0) is 29.8 Å². The summed E-state index contributed by atoms with van der Waals surface area (Å²) in [5.74, 6) is 1.88. The number of rotatable bonds is 4. The Bertz CT molecular complexity index is 970. The third kappa shape index (κ3) is 3.39. The normalized spacial score (nSPS) is 14.2. The molecule has 1 N–H and O–H groups in total. The first-order valence-corrected chi connectivity index (χ1v) is 8.28. The first kappa shape index (κ1) is 16.2. The van der Waals surface area contributed by atoms with Crippen molar-refractivity contribution in [1.82, 2.24) is 9.97 Å². The predicted octanol–water partition coefficient (Wildman–Crippen LogP) is 3.91. The fourth-order valence-electron chi connectivity index (χ4n) is 2.82. The van der Waals surface area contributed by atoms with Crippen LogP contribution in [0.1, 0.15) is 17.1 Å². The smallest absolute Gasteiger partial charge is 0.148 e. The molecule has 2 aromatic carbocycles. The van der Waals surface area contributed by atoms with Gasteiger partial charge >= 0.3 is 0 Å². The number of nitrogens with zero attached hydrogens (tertiary/aromatic N) is 3. The van der Waals surface area contributed by atoms with Crippen LogP contribution in [-0.2, 0) is 12.8 Å². The van der Waals surface area contributed by atoms with Gasteiger partial charge in [-0.25, -0.2) is 19.4 Å². The van der Waals surface area contributed by atoms with Gasteiger partial charge in [-0.3, -0.25) is 0 Å². The van der Waals surface area contributed by atoms with Crippen LogP contribution in [0.4, 0.5) is 15.8 Å². The summed E-state index contributed by atoms with van der Waals surface area (Å²) in [5, 5.41) is 3.16. The van der Waals surface area contributed by atoms with Crippen LogP contribution in [0.3, 0.4) is 0 Å². The summed E-state index contributed by atoms with van der Waals surface area (Å²) in [4.78, 5) is 13.4. The molecule has 0 atom stereocenters. The van der Waals surface area contributed by atoms with E-state index in [1.807, 2.05) is 24.3 Å². The maximum atomic E-state index is 13.8. The van der Waals surface area contributed by atoms with Gasteiger partial charge in [0, 0.05) is 6.42 Å². The van der Waals surface area contributed by atoms with E-state index in [1.165, 1.54) is 6.07 Å². The van der Waals surface area contributed by atoms with Gasteiger partial charge in [-0.15, -0.1) is 0 Å². The van der Waals surface area contributed by atoms with Crippen molar-refractivity contribution in [2.45, 2.75) is 12.8 Å². The number of methoxy groups -OCH3 is 1. The quantitative estimate of drug-likeness (QED) is 0.776. The molecule has 0 saturated carbocycles. The molecule has 4 rings (SSSR count). The summed E-state index contributed by atoms with van der Waals surface area (Å²) in [5.41, 5.74) is 3.11. The van der Waals surface area contributed by atoms with Crippen LogP contribution in [0.2, 0.25) is 0 Å². The topological polar surface area (TPSA) is 59.4 Å². The molecule has 1 aliphatic rings. The largest absolute Gasteiger partial charge is 0.497 e. The van der Waals surface area contributed by atoms with Gasteiger partial charge in [-0.1, -0.05) is 24.3 Å². The highest BCUT2D eigenvalue weighted by Crippen LogP contribution is 2.24. The number of anilines is 1. The highest BCUT2D eigenvalue weighted by molar-refractivity contribution is 6.03. The summed E-state index contributed by atoms with van der Waals surface area (Å²) in [6.07, 6.45) is 2.92. The van der Waals surface area contributed by atoms with Crippen LogP contribution >= 0.6 is 0 Å². The van der Waals surface area contributed by atoms with E-state index in [0.29, 0.717) is 24.4 Å². The van der Waals surface area contributed by atoms with Crippen LogP contribution in [0, 0.1) is 5.82 Å². The fourth-order valence-corrected chi connectivity index (χ4v) is 2.82. The minimum absolute atomic E-state index is 0.314. The molecular formula is C20H17FN4O. The molecule has 0 amide bonds. The first-order valence-electron chi connectivity index (χ1n) is 8.28. The van der Waals surface area contributed by atoms with Gasteiger partial charge < -0.3 is 10.1 Å². The first-order chi connectivity index (χ1) is 12.7. The summed E-state index contributed by atoms with van der Waals surface area (Å²) < 4.78 is 18.9. The van der Waals surface area contributed by atoms with Crippen molar-refractivity contribution in [3.63, 3.8) is 0 Å². The minimum Gasteiger partial charge on any atom is -0.497 e. The second kappa shape index (κ2) is 6.92. The number of amidine groups is 1. The molecule has 6 heteroatoms. The Hall–Kier alpha value is -3.28. The van der Waals surface area contributed by atoms with Crippen LogP contribution in [-0.4, -0.2) is 22.9 Å². The molecule has 0 fully saturated rings. The number of nitrogens with one attached hydrogen (secondary N) is 1. The van der Waals surface area contributed by atoms with Crippen molar-refractivity contribution in [2.24, 2.45) is 4.99 Å². The number of halogens is 1. The molecule has 1 aromatic heterocycles. The molecule has 0 saturated heterocycles. The van der Waals surface area contributed by atoms with E-state index in [0.717, 1.165) is 28.5 Å². The van der Waals surface area contributed by atoms with Gasteiger partial charge in [0.15, 0.2) is 0 Å². The number of aromatic nitrogens is 2. The van der Waals surface area contributed by atoms with Crippen molar-refractivity contribution >= 4 is 17.2 Å². The summed E-state index contributed by atoms with van der Waals surface area (Å²) >= 11 is 0. The van der Waals surface area contributed by atoms with Crippen LogP contribution in [0.25, 0.3) is 0 Å². The molecule has 130 valence electrons. The highest BCUT2D eigenvalue weighted by Gasteiger charge is 2.19. The molecule has 3 aromatic rings. The Morgan fingerprint density at radius 2 is 1.96 bits per heavy atom. The van der Waals surface area contributed by atoms with Crippen LogP contribution in [0.5, 0.6) is 5.75 Å². The SMILES string of the molecule is COc1ccc(Cc2ncc3c(n2)CC(=Nc2ccccc2F)N3)cc1. The molecule has 0 spiro atoms. The van der Waals surface area contributed by atoms with Crippen molar-refractivity contribution < 1.29 is 9.13 Å². The Kier molecular flexibility index (Phi) is 4.31. The molecule has 2 heterocycles. The van der Waals surface area contributed by atoms with Crippen molar-refractivity contribution in [2.75, 3.05) is 12.4 Å². The number of fused-ring (bicyclic) bond motifs is 1. The number of ether oxygens (including phenoxy) is 1. The maximum absolute atomic E-state index is 13.8. The average molecular weight is 348 g/mol. The van der Waals surface area contributed by atoms with Crippen molar-refractivity contribution in [1.29, 1.82) is 0 Å². The lowest BCUT2D eigenvalue weighted by molar-refractivity contribution is 0.414. The monoisotopic (exact) mass is 348 g/mol. The van der Waals surface area contributed by atoms with Gasteiger partial charge in [0.25, 0.3) is 0 Å². The summed E-state index contributed by atoms with van der Waals surface area (Å²) in [6, 6.07) is 14.3. The van der Waals surface area contributed by atoms with Crippen molar-refractivity contribution in [3.05, 3.63) is 77.6 Å². The molecule has 26 heavy (non-hydrogen) atoms. The lowest BCUT2D eigenvalue weighted by Crippen LogP contribution is -2.05. The highest BCUT2D eigenvalue weighted by atomic mass is 19.1. The van der Waals surface area contributed by atoms with E-state index in [1.54, 1.807) is 31.5 Å². The zero-order valence-corrected chi connectivity index (χ0v) is 14.2. The number of aliphatic imine (C=N–C) groups is 1. The van der Waals surface area contributed by atoms with E-state index >= 15 is 0 Å². The van der Waals surface area contributed by atoms with Crippen LogP contribution in [0.15, 0.2) is 59.7 Å². The molecular weight excluding hydrogens is 331 g/mol. The molecule has 0 bridgehead atoms. The van der Waals surface area contributed by atoms with E-state index in [4.69, 9.17) is 4.74 Å². The zero-order chi connectivity index (χ0) is 17.9. The maximum Gasteiger partial charge on any atom is 0.148 e. The fraction of sp³-hybridized carbons (Fsp3) is 0.150. The molecule has 0 unspecified atom stereocenters. The second-order valence-electron chi connectivity index (χ2n) is 5.98. The second-order valence-corrected chi connectivity index (χ2v) is 5.98. The Morgan fingerprint density at radius 1 is 1.15 bits per heavy atom. The molecule has 0 aliphatic carbocycles. The standard InChI is InChI=1S/C20H17FN4O/c1-26-14-8-6-13(7-9-14)10-19-22-12-18-17(24-19)11-20(25-18)23-16-5-3-2-4-15(16)21/h2-9,12H,10-11H2,1H3,(H,23,25). The Labute approximate surface area is 150 Å².